The third kappa shape index (κ3) is 3.59. The van der Waals surface area contributed by atoms with Crippen molar-refractivity contribution < 1.29 is 9.84 Å². The van der Waals surface area contributed by atoms with Crippen LogP contribution >= 0.6 is 0 Å². The molecule has 0 fully saturated rings. The van der Waals surface area contributed by atoms with Crippen LogP contribution in [0.15, 0.2) is 29.8 Å². The first-order valence-corrected chi connectivity index (χ1v) is 5.45. The van der Waals surface area contributed by atoms with E-state index in [0.29, 0.717) is 18.0 Å². The first kappa shape index (κ1) is 12.6. The van der Waals surface area contributed by atoms with E-state index in [1.807, 2.05) is 31.2 Å². The van der Waals surface area contributed by atoms with Gasteiger partial charge in [-0.05, 0) is 42.7 Å². The summed E-state index contributed by atoms with van der Waals surface area (Å²) in [5.41, 5.74) is 8.61. The zero-order chi connectivity index (χ0) is 12.0. The van der Waals surface area contributed by atoms with Gasteiger partial charge in [-0.1, -0.05) is 13.0 Å². The molecular weight excluding hydrogens is 202 g/mol. The monoisotopic (exact) mass is 221 g/mol. The molecule has 0 radical (unpaired) electrons. The zero-order valence-corrected chi connectivity index (χ0v) is 9.86. The topological polar surface area (TPSA) is 55.5 Å². The van der Waals surface area contributed by atoms with Crippen LogP contribution in [0.3, 0.4) is 0 Å². The van der Waals surface area contributed by atoms with Crippen molar-refractivity contribution in [2.24, 2.45) is 0 Å². The smallest absolute Gasteiger partial charge is 0.142 e. The van der Waals surface area contributed by atoms with Crippen LogP contribution in [0, 0.1) is 0 Å². The second kappa shape index (κ2) is 6.18. The molecule has 0 bridgehead atoms. The van der Waals surface area contributed by atoms with Gasteiger partial charge in [0.2, 0.25) is 0 Å². The van der Waals surface area contributed by atoms with E-state index in [4.69, 9.17) is 15.6 Å². The molecule has 0 spiro atoms. The molecule has 0 aliphatic rings. The van der Waals surface area contributed by atoms with Gasteiger partial charge in [0.1, 0.15) is 12.4 Å². The minimum absolute atomic E-state index is 0.0631. The highest BCUT2D eigenvalue weighted by atomic mass is 16.5. The van der Waals surface area contributed by atoms with Gasteiger partial charge in [0.15, 0.2) is 0 Å². The minimum Gasteiger partial charge on any atom is -0.487 e. The van der Waals surface area contributed by atoms with Crippen LogP contribution in [0.5, 0.6) is 5.75 Å². The lowest BCUT2D eigenvalue weighted by atomic mass is 10.1. The van der Waals surface area contributed by atoms with Crippen molar-refractivity contribution in [3.8, 4) is 5.75 Å². The van der Waals surface area contributed by atoms with Crippen molar-refractivity contribution in [2.45, 2.75) is 20.3 Å². The molecule has 1 aromatic rings. The van der Waals surface area contributed by atoms with Crippen LogP contribution in [0.2, 0.25) is 0 Å². The Hall–Kier alpha value is -1.48. The Morgan fingerprint density at radius 3 is 2.81 bits per heavy atom. The van der Waals surface area contributed by atoms with Gasteiger partial charge < -0.3 is 15.6 Å². The maximum atomic E-state index is 8.81. The van der Waals surface area contributed by atoms with E-state index in [0.717, 1.165) is 12.0 Å². The number of benzene rings is 1. The van der Waals surface area contributed by atoms with Crippen molar-refractivity contribution in [2.75, 3.05) is 18.9 Å². The highest BCUT2D eigenvalue weighted by molar-refractivity contribution is 5.54. The van der Waals surface area contributed by atoms with Crippen molar-refractivity contribution in [3.05, 3.63) is 35.4 Å². The number of hydrogen-bond acceptors (Lipinski definition) is 3. The molecule has 0 aliphatic heterocycles. The maximum absolute atomic E-state index is 8.81. The lowest BCUT2D eigenvalue weighted by Gasteiger charge is -2.08. The summed E-state index contributed by atoms with van der Waals surface area (Å²) in [7, 11) is 0. The van der Waals surface area contributed by atoms with Crippen molar-refractivity contribution in [3.63, 3.8) is 0 Å². The normalized spacial score (nSPS) is 11.6. The van der Waals surface area contributed by atoms with Gasteiger partial charge in [0.05, 0.1) is 12.3 Å². The fourth-order valence-electron chi connectivity index (χ4n) is 1.29. The fourth-order valence-corrected chi connectivity index (χ4v) is 1.29. The number of rotatable bonds is 5. The molecule has 0 heterocycles. The van der Waals surface area contributed by atoms with Gasteiger partial charge in [0.25, 0.3) is 0 Å². The van der Waals surface area contributed by atoms with Gasteiger partial charge in [-0.15, -0.1) is 0 Å². The SMILES string of the molecule is CCc1ccc(OCC=C(C)CO)c(N)c1. The van der Waals surface area contributed by atoms with Crippen LogP contribution in [0.25, 0.3) is 0 Å². The number of nitrogen functional groups attached to an aromatic ring is 1. The van der Waals surface area contributed by atoms with E-state index < -0.39 is 0 Å². The molecule has 0 saturated carbocycles. The van der Waals surface area contributed by atoms with Crippen LogP contribution < -0.4 is 10.5 Å². The highest BCUT2D eigenvalue weighted by Crippen LogP contribution is 2.22. The first-order chi connectivity index (χ1) is 7.67. The summed E-state index contributed by atoms with van der Waals surface area (Å²) in [6.07, 6.45) is 2.81. The van der Waals surface area contributed by atoms with E-state index in [1.165, 1.54) is 5.56 Å². The Kier molecular flexibility index (Phi) is 4.86. The lowest BCUT2D eigenvalue weighted by molar-refractivity contribution is 0.325. The van der Waals surface area contributed by atoms with Crippen molar-refractivity contribution >= 4 is 5.69 Å². The molecule has 1 aromatic carbocycles. The van der Waals surface area contributed by atoms with E-state index >= 15 is 0 Å². The third-order valence-corrected chi connectivity index (χ3v) is 2.40. The summed E-state index contributed by atoms with van der Waals surface area (Å²) in [6, 6.07) is 5.82. The lowest BCUT2D eigenvalue weighted by Crippen LogP contribution is -2.00. The average Bonchev–Trinajstić information content (AvgIpc) is 2.30. The first-order valence-electron chi connectivity index (χ1n) is 5.45. The average molecular weight is 221 g/mol. The van der Waals surface area contributed by atoms with E-state index in [-0.39, 0.29) is 6.61 Å². The molecule has 0 atom stereocenters. The van der Waals surface area contributed by atoms with Gasteiger partial charge in [-0.2, -0.15) is 0 Å². The van der Waals surface area contributed by atoms with E-state index in [2.05, 4.69) is 6.92 Å². The van der Waals surface area contributed by atoms with Crippen LogP contribution in [0.1, 0.15) is 19.4 Å². The molecule has 88 valence electrons. The zero-order valence-electron chi connectivity index (χ0n) is 9.86. The van der Waals surface area contributed by atoms with Gasteiger partial charge >= 0.3 is 0 Å². The summed E-state index contributed by atoms with van der Waals surface area (Å²) in [6.45, 7) is 4.44. The molecule has 16 heavy (non-hydrogen) atoms. The van der Waals surface area contributed by atoms with Gasteiger partial charge in [0, 0.05) is 0 Å². The molecular formula is C13H19NO2. The van der Waals surface area contributed by atoms with Crippen LogP contribution in [0.4, 0.5) is 5.69 Å². The summed E-state index contributed by atoms with van der Waals surface area (Å²) < 4.78 is 5.50. The van der Waals surface area contributed by atoms with E-state index in [1.54, 1.807) is 0 Å². The van der Waals surface area contributed by atoms with Crippen molar-refractivity contribution in [1.82, 2.24) is 0 Å². The fraction of sp³-hybridized carbons (Fsp3) is 0.385. The van der Waals surface area contributed by atoms with Crippen molar-refractivity contribution in [1.29, 1.82) is 0 Å². The predicted molar refractivity (Wildman–Crippen MR) is 66.6 cm³/mol. The molecule has 3 nitrogen and oxygen atoms in total. The molecule has 0 aromatic heterocycles. The summed E-state index contributed by atoms with van der Waals surface area (Å²) in [4.78, 5) is 0. The predicted octanol–water partition coefficient (Wildman–Crippen LogP) is 2.15. The molecule has 1 rings (SSSR count). The largest absolute Gasteiger partial charge is 0.487 e. The highest BCUT2D eigenvalue weighted by Gasteiger charge is 2.00. The second-order valence-corrected chi connectivity index (χ2v) is 3.75. The minimum atomic E-state index is 0.0631. The number of aliphatic hydroxyl groups excluding tert-OH is 1. The number of ether oxygens (including phenoxy) is 1. The Labute approximate surface area is 96.5 Å². The third-order valence-electron chi connectivity index (χ3n) is 2.40. The summed E-state index contributed by atoms with van der Waals surface area (Å²) >= 11 is 0. The van der Waals surface area contributed by atoms with Crippen LogP contribution in [-0.4, -0.2) is 18.3 Å². The number of hydrogen-bond donors (Lipinski definition) is 2. The number of anilines is 1. The van der Waals surface area contributed by atoms with Crippen LogP contribution in [-0.2, 0) is 6.42 Å². The molecule has 0 amide bonds. The van der Waals surface area contributed by atoms with E-state index in [9.17, 15) is 0 Å². The van der Waals surface area contributed by atoms with Gasteiger partial charge in [-0.3, -0.25) is 0 Å². The maximum Gasteiger partial charge on any atom is 0.142 e. The Morgan fingerprint density at radius 2 is 2.25 bits per heavy atom. The Morgan fingerprint density at radius 1 is 1.50 bits per heavy atom. The Balaban J connectivity index is 2.61. The molecule has 3 N–H and O–H groups in total. The van der Waals surface area contributed by atoms with Gasteiger partial charge in [-0.25, -0.2) is 0 Å². The molecule has 3 heteroatoms. The summed E-state index contributed by atoms with van der Waals surface area (Å²) in [5.74, 6) is 0.694. The molecule has 0 unspecified atom stereocenters. The standard InChI is InChI=1S/C13H19NO2/c1-3-11-4-5-13(12(14)8-11)16-7-6-10(2)9-15/h4-6,8,15H,3,7,9,14H2,1-2H3. The quantitative estimate of drug-likeness (QED) is 0.591. The second-order valence-electron chi connectivity index (χ2n) is 3.75. The molecule has 0 saturated heterocycles. The number of aliphatic hydroxyl groups is 1. The number of aryl methyl sites for hydroxylation is 1. The Bertz CT molecular complexity index is 372. The summed E-state index contributed by atoms with van der Waals surface area (Å²) in [5, 5.41) is 8.81. The molecule has 0 aliphatic carbocycles. The number of nitrogens with two attached hydrogens (primary N) is 1.